The number of anilines is 3. The third-order valence-corrected chi connectivity index (χ3v) is 4.15. The largest absolute Gasteiger partial charge is 0.373 e. The molecule has 0 aromatic heterocycles. The lowest BCUT2D eigenvalue weighted by Crippen LogP contribution is -2.24. The molecule has 0 unspecified atom stereocenters. The van der Waals surface area contributed by atoms with Crippen LogP contribution in [-0.4, -0.2) is 13.6 Å². The number of nitrogens with zero attached hydrogens (tertiary/aromatic N) is 1. The van der Waals surface area contributed by atoms with E-state index < -0.39 is 0 Å². The van der Waals surface area contributed by atoms with E-state index in [-0.39, 0.29) is 5.41 Å². The van der Waals surface area contributed by atoms with Gasteiger partial charge in [-0.1, -0.05) is 25.4 Å². The van der Waals surface area contributed by atoms with Crippen molar-refractivity contribution in [2.75, 3.05) is 23.8 Å². The van der Waals surface area contributed by atoms with Crippen LogP contribution in [0.2, 0.25) is 5.02 Å². The summed E-state index contributed by atoms with van der Waals surface area (Å²) in [6, 6.07) is 14.4. The lowest BCUT2D eigenvalue weighted by Gasteiger charge is -2.19. The highest BCUT2D eigenvalue weighted by molar-refractivity contribution is 6.30. The maximum Gasteiger partial charge on any atom is 0.0407 e. The molecule has 0 spiro atoms. The zero-order valence-corrected chi connectivity index (χ0v) is 12.8. The normalized spacial score (nSPS) is 16.1. The summed E-state index contributed by atoms with van der Waals surface area (Å²) in [5, 5.41) is 4.19. The van der Waals surface area contributed by atoms with Gasteiger partial charge in [-0.25, -0.2) is 0 Å². The van der Waals surface area contributed by atoms with Gasteiger partial charge >= 0.3 is 0 Å². The van der Waals surface area contributed by atoms with Crippen LogP contribution in [0.3, 0.4) is 0 Å². The molecule has 3 rings (SSSR count). The van der Waals surface area contributed by atoms with E-state index in [0.29, 0.717) is 0 Å². The third-order valence-electron chi connectivity index (χ3n) is 3.90. The molecule has 0 bridgehead atoms. The van der Waals surface area contributed by atoms with E-state index in [1.165, 1.54) is 11.3 Å². The van der Waals surface area contributed by atoms with Crippen LogP contribution in [-0.2, 0) is 5.41 Å². The lowest BCUT2D eigenvalue weighted by molar-refractivity contribution is 0.563. The van der Waals surface area contributed by atoms with Crippen molar-refractivity contribution in [1.82, 2.24) is 0 Å². The van der Waals surface area contributed by atoms with Crippen LogP contribution in [0.5, 0.6) is 0 Å². The summed E-state index contributed by atoms with van der Waals surface area (Å²) in [6.45, 7) is 5.65. The number of rotatable bonds is 2. The molecule has 0 amide bonds. The molecule has 2 aromatic rings. The second-order valence-electron chi connectivity index (χ2n) is 6.10. The molecular formula is C17H19ClN2. The number of likely N-dealkylation sites (N-methyl/N-ethyl adjacent to an activating group) is 1. The van der Waals surface area contributed by atoms with Gasteiger partial charge in [-0.15, -0.1) is 0 Å². The van der Waals surface area contributed by atoms with Gasteiger partial charge in [-0.2, -0.15) is 0 Å². The minimum Gasteiger partial charge on any atom is -0.373 e. The van der Waals surface area contributed by atoms with Crippen molar-refractivity contribution in [3.05, 3.63) is 53.1 Å². The molecule has 1 N–H and O–H groups in total. The van der Waals surface area contributed by atoms with Crippen LogP contribution in [0.4, 0.5) is 17.1 Å². The highest BCUT2D eigenvalue weighted by Crippen LogP contribution is 2.41. The quantitative estimate of drug-likeness (QED) is 0.852. The number of halogens is 1. The van der Waals surface area contributed by atoms with Crippen LogP contribution in [0.1, 0.15) is 19.4 Å². The number of hydrogen-bond donors (Lipinski definition) is 1. The monoisotopic (exact) mass is 286 g/mol. The van der Waals surface area contributed by atoms with Gasteiger partial charge in [0.05, 0.1) is 0 Å². The first-order chi connectivity index (χ1) is 9.45. The van der Waals surface area contributed by atoms with E-state index in [4.69, 9.17) is 11.6 Å². The Morgan fingerprint density at radius 1 is 1.05 bits per heavy atom. The molecule has 0 aliphatic carbocycles. The molecular weight excluding hydrogens is 268 g/mol. The molecule has 2 nitrogen and oxygen atoms in total. The van der Waals surface area contributed by atoms with Gasteiger partial charge in [0.15, 0.2) is 0 Å². The topological polar surface area (TPSA) is 15.3 Å². The molecule has 20 heavy (non-hydrogen) atoms. The molecule has 0 saturated heterocycles. The van der Waals surface area contributed by atoms with Gasteiger partial charge < -0.3 is 10.2 Å². The Bertz CT molecular complexity index is 632. The SMILES string of the molecule is CN1CC(C)(C)c2cc(Nc3ccc(Cl)cc3)ccc21. The molecule has 3 heteroatoms. The van der Waals surface area contributed by atoms with Crippen molar-refractivity contribution in [1.29, 1.82) is 0 Å². The van der Waals surface area contributed by atoms with Crippen molar-refractivity contribution in [2.24, 2.45) is 0 Å². The van der Waals surface area contributed by atoms with Crippen LogP contribution in [0, 0.1) is 0 Å². The van der Waals surface area contributed by atoms with Crippen LogP contribution in [0.25, 0.3) is 0 Å². The number of hydrogen-bond acceptors (Lipinski definition) is 2. The summed E-state index contributed by atoms with van der Waals surface area (Å²) in [7, 11) is 2.15. The Morgan fingerprint density at radius 2 is 1.70 bits per heavy atom. The van der Waals surface area contributed by atoms with E-state index in [1.807, 2.05) is 24.3 Å². The molecule has 0 fully saturated rings. The van der Waals surface area contributed by atoms with E-state index in [9.17, 15) is 0 Å². The predicted molar refractivity (Wildman–Crippen MR) is 87.5 cm³/mol. The highest BCUT2D eigenvalue weighted by atomic mass is 35.5. The zero-order valence-electron chi connectivity index (χ0n) is 12.1. The van der Waals surface area contributed by atoms with Crippen molar-refractivity contribution in [3.63, 3.8) is 0 Å². The Kier molecular flexibility index (Phi) is 3.14. The summed E-state index contributed by atoms with van der Waals surface area (Å²) in [5.41, 5.74) is 5.10. The molecule has 0 atom stereocenters. The van der Waals surface area contributed by atoms with E-state index in [0.717, 1.165) is 22.9 Å². The summed E-state index contributed by atoms with van der Waals surface area (Å²) in [6.07, 6.45) is 0. The van der Waals surface area contributed by atoms with E-state index in [1.54, 1.807) is 0 Å². The molecule has 1 heterocycles. The van der Waals surface area contributed by atoms with Gasteiger partial charge in [-0.3, -0.25) is 0 Å². The van der Waals surface area contributed by atoms with Gasteiger partial charge in [-0.05, 0) is 48.0 Å². The Labute approximate surface area is 125 Å². The average molecular weight is 287 g/mol. The minimum absolute atomic E-state index is 0.196. The molecule has 1 aliphatic heterocycles. The predicted octanol–water partition coefficient (Wildman–Crippen LogP) is 4.81. The van der Waals surface area contributed by atoms with Crippen LogP contribution < -0.4 is 10.2 Å². The number of fused-ring (bicyclic) bond motifs is 1. The van der Waals surface area contributed by atoms with Crippen LogP contribution in [0.15, 0.2) is 42.5 Å². The molecule has 2 aromatic carbocycles. The maximum absolute atomic E-state index is 5.91. The van der Waals surface area contributed by atoms with E-state index in [2.05, 4.69) is 49.3 Å². The highest BCUT2D eigenvalue weighted by Gasteiger charge is 2.33. The van der Waals surface area contributed by atoms with Crippen LogP contribution >= 0.6 is 11.6 Å². The second-order valence-corrected chi connectivity index (χ2v) is 6.54. The zero-order chi connectivity index (χ0) is 14.3. The molecule has 104 valence electrons. The summed E-state index contributed by atoms with van der Waals surface area (Å²) < 4.78 is 0. The molecule has 0 radical (unpaired) electrons. The van der Waals surface area contributed by atoms with Crippen molar-refractivity contribution in [2.45, 2.75) is 19.3 Å². The standard InChI is InChI=1S/C17H19ClN2/c1-17(2)11-20(3)16-9-8-14(10-15(16)17)19-13-6-4-12(18)5-7-13/h4-10,19H,11H2,1-3H3. The number of nitrogens with one attached hydrogen (secondary N) is 1. The Morgan fingerprint density at radius 3 is 2.40 bits per heavy atom. The van der Waals surface area contributed by atoms with Gasteiger partial charge in [0.2, 0.25) is 0 Å². The smallest absolute Gasteiger partial charge is 0.0407 e. The van der Waals surface area contributed by atoms with Gasteiger partial charge in [0, 0.05) is 41.1 Å². The van der Waals surface area contributed by atoms with Crippen molar-refractivity contribution in [3.8, 4) is 0 Å². The van der Waals surface area contributed by atoms with E-state index >= 15 is 0 Å². The van der Waals surface area contributed by atoms with Gasteiger partial charge in [0.1, 0.15) is 0 Å². The molecule has 1 aliphatic rings. The first kappa shape index (κ1) is 13.3. The lowest BCUT2D eigenvalue weighted by atomic mass is 9.87. The summed E-state index contributed by atoms with van der Waals surface area (Å²) >= 11 is 5.91. The fourth-order valence-corrected chi connectivity index (χ4v) is 3.08. The third kappa shape index (κ3) is 2.36. The summed E-state index contributed by atoms with van der Waals surface area (Å²) in [5.74, 6) is 0. The Hall–Kier alpha value is -1.67. The van der Waals surface area contributed by atoms with Crippen molar-refractivity contribution < 1.29 is 0 Å². The fraction of sp³-hybridized carbons (Fsp3) is 0.294. The number of benzene rings is 2. The Balaban J connectivity index is 1.91. The van der Waals surface area contributed by atoms with Gasteiger partial charge in [0.25, 0.3) is 0 Å². The average Bonchev–Trinajstić information content (AvgIpc) is 2.63. The summed E-state index contributed by atoms with van der Waals surface area (Å²) in [4.78, 5) is 2.32. The maximum atomic E-state index is 5.91. The fourth-order valence-electron chi connectivity index (χ4n) is 2.95. The first-order valence-electron chi connectivity index (χ1n) is 6.84. The second kappa shape index (κ2) is 4.71. The first-order valence-corrected chi connectivity index (χ1v) is 7.22. The minimum atomic E-state index is 0.196. The molecule has 0 saturated carbocycles. The van der Waals surface area contributed by atoms with Crippen molar-refractivity contribution >= 4 is 28.7 Å².